The van der Waals surface area contributed by atoms with Crippen molar-refractivity contribution in [2.45, 2.75) is 87.9 Å². The summed E-state index contributed by atoms with van der Waals surface area (Å²) in [7, 11) is 0. The first-order chi connectivity index (χ1) is 37.7. The van der Waals surface area contributed by atoms with Crippen LogP contribution in [0.4, 0.5) is 9.59 Å². The number of amides is 4. The molecule has 32 nitrogen and oxygen atoms in total. The number of alkyl carbamates (subject to hydrolysis) is 2. The second kappa shape index (κ2) is 38.7. The molecule has 32 heteroatoms. The van der Waals surface area contributed by atoms with E-state index in [1.165, 1.54) is 11.0 Å². The van der Waals surface area contributed by atoms with E-state index in [2.05, 4.69) is 31.9 Å². The van der Waals surface area contributed by atoms with Crippen LogP contribution in [0.3, 0.4) is 0 Å². The molecule has 2 heterocycles. The zero-order chi connectivity index (χ0) is 58.7. The van der Waals surface area contributed by atoms with Crippen LogP contribution in [-0.4, -0.2) is 257 Å². The summed E-state index contributed by atoms with van der Waals surface area (Å²) in [5, 5.41) is 67.5. The molecule has 0 aromatic carbocycles. The highest BCUT2D eigenvalue weighted by molar-refractivity contribution is 5.86. The minimum Gasteiger partial charge on any atom is -0.479 e. The van der Waals surface area contributed by atoms with E-state index in [1.54, 1.807) is 6.92 Å². The van der Waals surface area contributed by atoms with Crippen molar-refractivity contribution in [3.8, 4) is 12.3 Å². The van der Waals surface area contributed by atoms with Gasteiger partial charge in [0.1, 0.15) is 24.9 Å². The average Bonchev–Trinajstić information content (AvgIpc) is 3.41. The Balaban J connectivity index is 1.94. The van der Waals surface area contributed by atoms with Crippen LogP contribution in [0.25, 0.3) is 0 Å². The first kappa shape index (κ1) is 68.3. The molecule has 0 saturated carbocycles. The van der Waals surface area contributed by atoms with Crippen molar-refractivity contribution in [2.75, 3.05) is 119 Å². The molecular formula is C47H78N10O22. The van der Waals surface area contributed by atoms with Crippen LogP contribution < -0.4 is 38.9 Å². The highest BCUT2D eigenvalue weighted by Crippen LogP contribution is 2.31. The lowest BCUT2D eigenvalue weighted by Crippen LogP contribution is -2.61. The first-order valence-corrected chi connectivity index (χ1v) is 25.1. The lowest BCUT2D eigenvalue weighted by molar-refractivity contribution is -0.147. The van der Waals surface area contributed by atoms with E-state index >= 15 is 0 Å². The Kier molecular flexibility index (Phi) is 33.5. The third kappa shape index (κ3) is 27.1. The lowest BCUT2D eigenvalue weighted by Gasteiger charge is -2.39. The summed E-state index contributed by atoms with van der Waals surface area (Å²) in [5.74, 6) is -4.36. The Morgan fingerprint density at radius 1 is 0.671 bits per heavy atom. The topological polar surface area (TPSA) is 484 Å². The van der Waals surface area contributed by atoms with Gasteiger partial charge in [0.05, 0.1) is 110 Å². The number of aliphatic imine (C=N–C) groups is 2. The Morgan fingerprint density at radius 2 is 1.14 bits per heavy atom. The summed E-state index contributed by atoms with van der Waals surface area (Å²) in [6.07, 6.45) is -3.89. The van der Waals surface area contributed by atoms with Gasteiger partial charge >= 0.3 is 24.1 Å². The molecule has 0 aromatic rings. The fourth-order valence-corrected chi connectivity index (χ4v) is 7.48. The number of hydrogen-bond acceptors (Lipinski definition) is 22. The molecule has 0 aliphatic carbocycles. The number of aliphatic carboxylic acids is 2. The predicted molar refractivity (Wildman–Crippen MR) is 274 cm³/mol. The number of carbonyl (C=O) groups is 6. The number of carbonyl (C=O) groups excluding carboxylic acids is 4. The van der Waals surface area contributed by atoms with E-state index in [0.29, 0.717) is 39.3 Å². The molecule has 17 N–H and O–H groups in total. The van der Waals surface area contributed by atoms with Gasteiger partial charge in [-0.15, -0.1) is 6.42 Å². The first-order valence-electron chi connectivity index (χ1n) is 25.1. The largest absolute Gasteiger partial charge is 0.479 e. The van der Waals surface area contributed by atoms with Crippen LogP contribution >= 0.6 is 0 Å². The van der Waals surface area contributed by atoms with Crippen molar-refractivity contribution in [2.24, 2.45) is 38.8 Å². The van der Waals surface area contributed by atoms with E-state index in [4.69, 9.17) is 76.7 Å². The molecule has 2 rings (SSSR count). The average molecular weight is 1140 g/mol. The summed E-state index contributed by atoms with van der Waals surface area (Å²) < 4.78 is 54.7. The molecule has 2 aliphatic rings. The summed E-state index contributed by atoms with van der Waals surface area (Å²) >= 11 is 0. The van der Waals surface area contributed by atoms with Crippen molar-refractivity contribution in [3.63, 3.8) is 0 Å². The number of aliphatic hydroxyl groups excluding tert-OH is 4. The molecule has 0 unspecified atom stereocenters. The van der Waals surface area contributed by atoms with Crippen molar-refractivity contribution in [3.05, 3.63) is 23.7 Å². The number of ether oxygens (including phenoxy) is 10. The van der Waals surface area contributed by atoms with Crippen molar-refractivity contribution in [1.29, 1.82) is 0 Å². The fraction of sp³-hybridized carbons (Fsp3) is 0.702. The summed E-state index contributed by atoms with van der Waals surface area (Å²) in [5.41, 5.74) is 22.1. The minimum absolute atomic E-state index is 0.00924. The van der Waals surface area contributed by atoms with Gasteiger partial charge in [-0.1, -0.05) is 12.8 Å². The highest BCUT2D eigenvalue weighted by atomic mass is 16.6. The molecule has 0 fully saturated rings. The number of unbranched alkanes of at least 4 members (excludes halogenated alkanes) is 1. The lowest BCUT2D eigenvalue weighted by atomic mass is 9.87. The van der Waals surface area contributed by atoms with Crippen LogP contribution in [0.15, 0.2) is 33.7 Å². The number of carboxylic acids is 2. The third-order valence-electron chi connectivity index (χ3n) is 11.2. The number of guanidine groups is 2. The standard InChI is InChI=1S/C47H78N10O22/c1-4-12-70-16-20-74-22-23-75-21-17-71-13-7-36(63)57(10-6-5-8-52-46(68)79-40(33(62)27-59)41-37(54-29(3)60)31(56-45(50)51)25-35(77-41)43(66)67)11-15-73-19-18-72-14-9-53-47(69)78-39(32(61)26-58)38-28(2)30(55-44(48)49)24-34(76-38)42(64)65/h1,24-25,28,30-33,37-41,58-59,61-62H,5-23,26-27H2,2-3H3,(H,52,68)(H,53,69)(H,54,60)(H,64,65)(H,66,67)(H4,48,49,55)(H4,50,51,56)/t28-,30+,31+,32-,33-,37-,38-,39-,40-,41-/m1/s1. The number of nitrogens with two attached hydrogens (primary N) is 4. The third-order valence-corrected chi connectivity index (χ3v) is 11.2. The van der Waals surface area contributed by atoms with Gasteiger partial charge in [-0.25, -0.2) is 29.2 Å². The highest BCUT2D eigenvalue weighted by Gasteiger charge is 2.47. The molecule has 4 amide bonds. The van der Waals surface area contributed by atoms with Gasteiger partial charge in [-0.05, 0) is 25.0 Å². The summed E-state index contributed by atoms with van der Waals surface area (Å²) in [6, 6.07) is -3.45. The van der Waals surface area contributed by atoms with E-state index in [9.17, 15) is 59.4 Å². The van der Waals surface area contributed by atoms with Crippen molar-refractivity contribution >= 4 is 47.9 Å². The second-order valence-electron chi connectivity index (χ2n) is 17.3. The molecule has 0 radical (unpaired) electrons. The van der Waals surface area contributed by atoms with Gasteiger partial charge in [0.15, 0.2) is 30.2 Å². The van der Waals surface area contributed by atoms with Crippen LogP contribution in [0, 0.1) is 18.3 Å². The smallest absolute Gasteiger partial charge is 0.407 e. The fourth-order valence-electron chi connectivity index (χ4n) is 7.48. The molecule has 0 aromatic heterocycles. The van der Waals surface area contributed by atoms with Crippen LogP contribution in [-0.2, 0) is 66.5 Å². The normalized spacial score (nSPS) is 20.1. The number of carboxylic acid groups (broad SMARTS) is 2. The van der Waals surface area contributed by atoms with Gasteiger partial charge in [-0.2, -0.15) is 0 Å². The van der Waals surface area contributed by atoms with Gasteiger partial charge in [0, 0.05) is 39.0 Å². The minimum atomic E-state index is -1.83. The number of rotatable bonds is 40. The molecule has 10 atom stereocenters. The number of nitrogens with one attached hydrogen (secondary N) is 3. The van der Waals surface area contributed by atoms with Crippen molar-refractivity contribution in [1.82, 2.24) is 20.9 Å². The number of aliphatic hydroxyl groups is 4. The summed E-state index contributed by atoms with van der Waals surface area (Å²) in [4.78, 5) is 84.5. The second-order valence-corrected chi connectivity index (χ2v) is 17.3. The van der Waals surface area contributed by atoms with Crippen molar-refractivity contribution < 1.29 is 107 Å². The van der Waals surface area contributed by atoms with Gasteiger partial charge in [0.25, 0.3) is 0 Å². The Morgan fingerprint density at radius 3 is 1.66 bits per heavy atom. The molecule has 0 bridgehead atoms. The van der Waals surface area contributed by atoms with E-state index < -0.39 is 121 Å². The Hall–Kier alpha value is -6.80. The quantitative estimate of drug-likeness (QED) is 0.0118. The maximum Gasteiger partial charge on any atom is 0.407 e. The summed E-state index contributed by atoms with van der Waals surface area (Å²) in [6.45, 7) is 3.46. The Bertz CT molecular complexity index is 2050. The predicted octanol–water partition coefficient (Wildman–Crippen LogP) is -5.23. The van der Waals surface area contributed by atoms with Crippen LogP contribution in [0.2, 0.25) is 0 Å². The van der Waals surface area contributed by atoms with Gasteiger partial charge in [-0.3, -0.25) is 9.59 Å². The molecule has 2 aliphatic heterocycles. The molecular weight excluding hydrogens is 1060 g/mol. The zero-order valence-electron chi connectivity index (χ0n) is 44.2. The maximum absolute atomic E-state index is 13.4. The monoisotopic (exact) mass is 1130 g/mol. The molecule has 79 heavy (non-hydrogen) atoms. The Labute approximate surface area is 456 Å². The number of nitrogens with zero attached hydrogens (tertiary/aromatic N) is 3. The number of hydrogen-bond donors (Lipinski definition) is 13. The van der Waals surface area contributed by atoms with E-state index in [1.807, 2.05) is 0 Å². The maximum atomic E-state index is 13.4. The zero-order valence-corrected chi connectivity index (χ0v) is 44.2. The van der Waals surface area contributed by atoms with Crippen LogP contribution in [0.1, 0.15) is 33.1 Å². The van der Waals surface area contributed by atoms with Gasteiger partial charge < -0.3 is 122 Å². The SMILES string of the molecule is C#CCOCCOCCOCCOCCC(=O)N(CCCCNC(=O)O[C@@H]([C@@H]1OC(C(=O)O)=C[C@H](N=C(N)N)[C@H]1NC(C)=O)[C@H](O)CO)CCOCCOCCNC(=O)O[C@@H]([C@@H]1OC(C(=O)O)=C[C@H](N=C(N)N)[C@H]1C)[C@H](O)CO. The van der Waals surface area contributed by atoms with E-state index in [-0.39, 0.29) is 97.3 Å². The molecule has 448 valence electrons. The molecule has 0 saturated heterocycles. The molecule has 0 spiro atoms. The van der Waals surface area contributed by atoms with Gasteiger partial charge in [0.2, 0.25) is 23.3 Å². The number of terminal acetylenes is 1. The van der Waals surface area contributed by atoms with E-state index in [0.717, 1.165) is 13.0 Å². The van der Waals surface area contributed by atoms with Crippen LogP contribution in [0.5, 0.6) is 0 Å².